The van der Waals surface area contributed by atoms with Crippen LogP contribution < -0.4 is 20.2 Å². The van der Waals surface area contributed by atoms with Crippen LogP contribution in [-0.2, 0) is 7.05 Å². The number of aryl methyl sites for hydroxylation is 2. The minimum atomic E-state index is -0.786. The van der Waals surface area contributed by atoms with Crippen molar-refractivity contribution in [2.45, 2.75) is 6.92 Å². The molecule has 2 rings (SSSR count). The predicted octanol–water partition coefficient (Wildman–Crippen LogP) is 0.201. The molecule has 0 aliphatic heterocycles. The molecule has 0 fully saturated rings. The van der Waals surface area contributed by atoms with E-state index in [0.29, 0.717) is 16.5 Å². The Morgan fingerprint density at radius 2 is 2.25 bits per heavy atom. The van der Waals surface area contributed by atoms with Gasteiger partial charge in [0.1, 0.15) is 11.4 Å². The number of halogens is 1. The van der Waals surface area contributed by atoms with E-state index in [1.807, 2.05) is 0 Å². The van der Waals surface area contributed by atoms with Gasteiger partial charge in [-0.2, -0.15) is 0 Å². The van der Waals surface area contributed by atoms with E-state index >= 15 is 0 Å². The number of hydrogen-bond acceptors (Lipinski definition) is 5. The highest BCUT2D eigenvalue weighted by Gasteiger charge is 2.18. The number of aliphatic imine (C=N–C) groups is 1. The van der Waals surface area contributed by atoms with Gasteiger partial charge in [-0.3, -0.25) is 9.52 Å². The number of ether oxygens (including phenoxy) is 1. The first-order chi connectivity index (χ1) is 9.43. The van der Waals surface area contributed by atoms with Crippen molar-refractivity contribution in [3.63, 3.8) is 0 Å². The lowest BCUT2D eigenvalue weighted by Gasteiger charge is -2.09. The first-order valence-electron chi connectivity index (χ1n) is 5.61. The van der Waals surface area contributed by atoms with Gasteiger partial charge in [0.25, 0.3) is 0 Å². The van der Waals surface area contributed by atoms with Crippen molar-refractivity contribution in [1.82, 2.24) is 5.27 Å². The lowest BCUT2D eigenvalue weighted by Crippen LogP contribution is -2.43. The Morgan fingerprint density at radius 1 is 1.55 bits per heavy atom. The van der Waals surface area contributed by atoms with E-state index in [1.165, 1.54) is 14.2 Å². The van der Waals surface area contributed by atoms with Gasteiger partial charge in [-0.15, -0.1) is 0 Å². The Labute approximate surface area is 119 Å². The van der Waals surface area contributed by atoms with Crippen LogP contribution in [0.1, 0.15) is 11.3 Å². The van der Waals surface area contributed by atoms with Crippen LogP contribution in [0.25, 0.3) is 0 Å². The first kappa shape index (κ1) is 14.1. The minimum Gasteiger partial charge on any atom is -0.854 e. The van der Waals surface area contributed by atoms with Crippen LogP contribution in [0.4, 0.5) is 5.69 Å². The SMILES string of the molecule is COc1cc(Cl)c(C)cc1N=C([O-])c1c(=O)o[nH][n+]1C. The molecule has 2 aromatic rings. The average molecular weight is 298 g/mol. The standard InChI is InChI=1S/C12H12ClN3O4/c1-6-4-8(9(19-3)5-7(6)13)14-11(17)10-12(18)20-15-16(10)2/h4-5H,1-3H3,(H-,14,15,17,18). The molecule has 0 spiro atoms. The smallest absolute Gasteiger partial charge is 0.435 e. The van der Waals surface area contributed by atoms with Gasteiger partial charge in [0.15, 0.2) is 7.05 Å². The second-order valence-electron chi connectivity index (χ2n) is 4.08. The first-order valence-corrected chi connectivity index (χ1v) is 5.99. The van der Waals surface area contributed by atoms with Crippen molar-refractivity contribution in [3.05, 3.63) is 38.8 Å². The molecule has 1 N–H and O–H groups in total. The van der Waals surface area contributed by atoms with Gasteiger partial charge in [-0.1, -0.05) is 16.3 Å². The number of rotatable bonds is 3. The van der Waals surface area contributed by atoms with Crippen molar-refractivity contribution < 1.29 is 19.0 Å². The summed E-state index contributed by atoms with van der Waals surface area (Å²) >= 11 is 5.97. The lowest BCUT2D eigenvalue weighted by atomic mass is 10.2. The largest absolute Gasteiger partial charge is 0.854 e. The number of benzene rings is 1. The lowest BCUT2D eigenvalue weighted by molar-refractivity contribution is -0.742. The number of nitrogens with zero attached hydrogens (tertiary/aromatic N) is 2. The molecule has 0 bridgehead atoms. The fourth-order valence-electron chi connectivity index (χ4n) is 1.63. The number of aromatic nitrogens is 2. The summed E-state index contributed by atoms with van der Waals surface area (Å²) in [6.07, 6.45) is 0. The van der Waals surface area contributed by atoms with E-state index in [9.17, 15) is 9.90 Å². The normalized spacial score (nSPS) is 11.7. The third kappa shape index (κ3) is 2.53. The van der Waals surface area contributed by atoms with E-state index in [4.69, 9.17) is 16.3 Å². The fourth-order valence-corrected chi connectivity index (χ4v) is 1.79. The Kier molecular flexibility index (Phi) is 3.80. The molecule has 0 unspecified atom stereocenters. The minimum absolute atomic E-state index is 0.209. The maximum Gasteiger partial charge on any atom is 0.435 e. The van der Waals surface area contributed by atoms with Crippen LogP contribution in [0.15, 0.2) is 26.4 Å². The number of H-pyrrole nitrogens is 1. The molecule has 0 radical (unpaired) electrons. The molecular formula is C12H12ClN3O4. The van der Waals surface area contributed by atoms with Gasteiger partial charge < -0.3 is 9.84 Å². The molecule has 0 aliphatic carbocycles. The topological polar surface area (TPSA) is 94.5 Å². The fraction of sp³-hybridized carbons (Fsp3) is 0.250. The Morgan fingerprint density at radius 3 is 2.80 bits per heavy atom. The Bertz CT molecular complexity index is 733. The van der Waals surface area contributed by atoms with Gasteiger partial charge in [0.2, 0.25) is 0 Å². The summed E-state index contributed by atoms with van der Waals surface area (Å²) in [7, 11) is 2.91. The molecule has 20 heavy (non-hydrogen) atoms. The van der Waals surface area contributed by atoms with Crippen LogP contribution in [0.5, 0.6) is 5.75 Å². The highest BCUT2D eigenvalue weighted by Crippen LogP contribution is 2.33. The number of aromatic amines is 1. The second kappa shape index (κ2) is 5.38. The monoisotopic (exact) mass is 297 g/mol. The molecule has 0 amide bonds. The third-order valence-corrected chi connectivity index (χ3v) is 3.10. The molecular weight excluding hydrogens is 286 g/mol. The van der Waals surface area contributed by atoms with E-state index < -0.39 is 11.5 Å². The highest BCUT2D eigenvalue weighted by molar-refractivity contribution is 6.31. The zero-order valence-corrected chi connectivity index (χ0v) is 11.8. The van der Waals surface area contributed by atoms with Gasteiger partial charge >= 0.3 is 11.3 Å². The molecule has 0 aliphatic rings. The van der Waals surface area contributed by atoms with Gasteiger partial charge in [0, 0.05) is 11.1 Å². The maximum atomic E-state index is 12.0. The molecule has 1 aromatic carbocycles. The number of nitrogens with one attached hydrogen (secondary N) is 1. The van der Waals surface area contributed by atoms with Crippen LogP contribution in [0, 0.1) is 6.92 Å². The molecule has 7 nitrogen and oxygen atoms in total. The average Bonchev–Trinajstić information content (AvgIpc) is 2.73. The van der Waals surface area contributed by atoms with E-state index in [0.717, 1.165) is 10.2 Å². The van der Waals surface area contributed by atoms with Crippen molar-refractivity contribution >= 4 is 23.2 Å². The van der Waals surface area contributed by atoms with Crippen molar-refractivity contribution in [2.75, 3.05) is 7.11 Å². The van der Waals surface area contributed by atoms with E-state index in [2.05, 4.69) is 14.8 Å². The summed E-state index contributed by atoms with van der Waals surface area (Å²) in [4.78, 5) is 15.3. The quantitative estimate of drug-likeness (QED) is 0.497. The Balaban J connectivity index is 2.55. The number of methoxy groups -OCH3 is 1. The molecule has 8 heteroatoms. The van der Waals surface area contributed by atoms with Gasteiger partial charge in [-0.25, -0.2) is 4.79 Å². The Hall–Kier alpha value is -2.28. The van der Waals surface area contributed by atoms with Crippen LogP contribution in [0.3, 0.4) is 0 Å². The summed E-state index contributed by atoms with van der Waals surface area (Å²) in [5.41, 5.74) is 0.0371. The second-order valence-corrected chi connectivity index (χ2v) is 4.49. The van der Waals surface area contributed by atoms with Crippen molar-refractivity contribution in [2.24, 2.45) is 12.0 Å². The molecule has 0 saturated heterocycles. The number of hydrogen-bond donors (Lipinski definition) is 1. The zero-order chi connectivity index (χ0) is 14.9. The van der Waals surface area contributed by atoms with Crippen molar-refractivity contribution in [3.8, 4) is 5.75 Å². The molecule has 106 valence electrons. The summed E-state index contributed by atoms with van der Waals surface area (Å²) < 4.78 is 10.8. The van der Waals surface area contributed by atoms with Crippen molar-refractivity contribution in [1.29, 1.82) is 0 Å². The molecule has 0 atom stereocenters. The van der Waals surface area contributed by atoms with Crippen LogP contribution in [0.2, 0.25) is 5.02 Å². The summed E-state index contributed by atoms with van der Waals surface area (Å²) in [5, 5.41) is 14.8. The van der Waals surface area contributed by atoms with Gasteiger partial charge in [0.05, 0.1) is 13.0 Å². The van der Waals surface area contributed by atoms with E-state index in [1.54, 1.807) is 19.1 Å². The molecule has 1 heterocycles. The zero-order valence-electron chi connectivity index (χ0n) is 11.1. The molecule has 1 aromatic heterocycles. The van der Waals surface area contributed by atoms with Gasteiger partial charge in [-0.05, 0) is 23.8 Å². The third-order valence-electron chi connectivity index (χ3n) is 2.69. The predicted molar refractivity (Wildman–Crippen MR) is 69.4 cm³/mol. The molecule has 0 saturated carbocycles. The van der Waals surface area contributed by atoms with Crippen LogP contribution >= 0.6 is 11.6 Å². The summed E-state index contributed by atoms with van der Waals surface area (Å²) in [6, 6.07) is 3.16. The van der Waals surface area contributed by atoms with E-state index in [-0.39, 0.29) is 5.69 Å². The summed E-state index contributed by atoms with van der Waals surface area (Å²) in [6.45, 7) is 1.77. The summed E-state index contributed by atoms with van der Waals surface area (Å²) in [5.74, 6) is -0.390. The maximum absolute atomic E-state index is 12.0. The van der Waals surface area contributed by atoms with Crippen LogP contribution in [-0.4, -0.2) is 18.3 Å². The highest BCUT2D eigenvalue weighted by atomic mass is 35.5.